The van der Waals surface area contributed by atoms with Gasteiger partial charge < -0.3 is 37.2 Å². The number of aliphatic hydroxyl groups excluding tert-OH is 1. The lowest BCUT2D eigenvalue weighted by Crippen LogP contribution is -2.28. The number of hydrogen-bond acceptors (Lipinski definition) is 8. The fourth-order valence-corrected chi connectivity index (χ4v) is 3.19. The summed E-state index contributed by atoms with van der Waals surface area (Å²) in [5.41, 5.74) is 1.53. The van der Waals surface area contributed by atoms with Crippen LogP contribution in [-0.2, 0) is 33.3 Å². The van der Waals surface area contributed by atoms with E-state index in [0.29, 0.717) is 0 Å². The van der Waals surface area contributed by atoms with E-state index < -0.39 is 29.8 Å². The first kappa shape index (κ1) is 15.9. The van der Waals surface area contributed by atoms with Gasteiger partial charge in [0.1, 0.15) is 18.1 Å². The van der Waals surface area contributed by atoms with Gasteiger partial charge in [-0.25, -0.2) is 4.79 Å². The molecule has 4 atom stereocenters. The van der Waals surface area contributed by atoms with Crippen LogP contribution in [0.25, 0.3) is 0 Å². The summed E-state index contributed by atoms with van der Waals surface area (Å²) in [5, 5.41) is 9.25. The fraction of sp³-hybridized carbons (Fsp3) is 0.556. The van der Waals surface area contributed by atoms with E-state index in [1.165, 1.54) is 16.8 Å². The number of nitrogen functional groups attached to an aromatic ring is 1. The van der Waals surface area contributed by atoms with E-state index in [9.17, 15) is 14.8 Å². The average Bonchev–Trinajstić information content (AvgIpc) is 2.69. The highest BCUT2D eigenvalue weighted by Gasteiger charge is 2.37. The van der Waals surface area contributed by atoms with E-state index in [2.05, 4.69) is 29.0 Å². The molecular formula is C9H13N3O5PS2-. The van der Waals surface area contributed by atoms with Gasteiger partial charge in [0.05, 0.1) is 18.4 Å². The molecule has 11 heteroatoms. The molecule has 1 aliphatic heterocycles. The van der Waals surface area contributed by atoms with Gasteiger partial charge in [-0.3, -0.25) is 4.57 Å². The SMILES string of the molecule is Nc1ccn([C@H]2C[C@H](OP(O)(=S)[S-])[C@@H](CO)O2)c(=O)n1. The number of hydrogen-bond donors (Lipinski definition) is 3. The van der Waals surface area contributed by atoms with Crippen molar-refractivity contribution >= 4 is 35.6 Å². The number of nitrogens with zero attached hydrogens (tertiary/aromatic N) is 2. The van der Waals surface area contributed by atoms with Crippen molar-refractivity contribution in [1.82, 2.24) is 9.55 Å². The lowest BCUT2D eigenvalue weighted by molar-refractivity contribution is -0.0415. The maximum Gasteiger partial charge on any atom is 0.351 e. The molecule has 1 aromatic rings. The molecular weight excluding hydrogens is 325 g/mol. The van der Waals surface area contributed by atoms with Crippen LogP contribution in [-0.4, -0.2) is 38.4 Å². The summed E-state index contributed by atoms with van der Waals surface area (Å²) < 4.78 is 11.9. The Kier molecular flexibility index (Phi) is 4.85. The number of rotatable bonds is 4. The lowest BCUT2D eigenvalue weighted by Gasteiger charge is -2.27. The Morgan fingerprint density at radius 2 is 2.45 bits per heavy atom. The van der Waals surface area contributed by atoms with Crippen LogP contribution in [0, 0.1) is 0 Å². The molecule has 0 saturated carbocycles. The van der Waals surface area contributed by atoms with Crippen LogP contribution in [0.5, 0.6) is 0 Å². The van der Waals surface area contributed by atoms with Gasteiger partial charge in [-0.2, -0.15) is 4.98 Å². The minimum Gasteiger partial charge on any atom is -0.692 e. The highest BCUT2D eigenvalue weighted by atomic mass is 32.9. The smallest absolute Gasteiger partial charge is 0.351 e. The van der Waals surface area contributed by atoms with E-state index in [-0.39, 0.29) is 18.8 Å². The maximum absolute atomic E-state index is 11.7. The molecule has 2 heterocycles. The van der Waals surface area contributed by atoms with Crippen molar-refractivity contribution in [2.24, 2.45) is 0 Å². The third-order valence-electron chi connectivity index (χ3n) is 2.79. The van der Waals surface area contributed by atoms with Gasteiger partial charge in [0.15, 0.2) is 0 Å². The number of aromatic nitrogens is 2. The van der Waals surface area contributed by atoms with E-state index in [1.54, 1.807) is 0 Å². The first-order valence-corrected chi connectivity index (χ1v) is 9.32. The summed E-state index contributed by atoms with van der Waals surface area (Å²) in [6.07, 6.45) is -0.430. The summed E-state index contributed by atoms with van der Waals surface area (Å²) in [6, 6.07) is 1.45. The summed E-state index contributed by atoms with van der Waals surface area (Å²) in [7, 11) is 0. The monoisotopic (exact) mass is 338 g/mol. The van der Waals surface area contributed by atoms with Crippen molar-refractivity contribution in [3.63, 3.8) is 0 Å². The normalized spacial score (nSPS) is 29.2. The molecule has 8 nitrogen and oxygen atoms in total. The van der Waals surface area contributed by atoms with Crippen LogP contribution in [0.2, 0.25) is 0 Å². The van der Waals surface area contributed by atoms with Crippen LogP contribution in [0.15, 0.2) is 17.1 Å². The van der Waals surface area contributed by atoms with Crippen molar-refractivity contribution < 1.29 is 19.3 Å². The van der Waals surface area contributed by atoms with Crippen LogP contribution in [0.1, 0.15) is 12.6 Å². The molecule has 1 fully saturated rings. The van der Waals surface area contributed by atoms with Gasteiger partial charge in [-0.15, -0.1) is 0 Å². The maximum atomic E-state index is 11.7. The molecule has 0 aliphatic carbocycles. The van der Waals surface area contributed by atoms with E-state index in [4.69, 9.17) is 15.0 Å². The molecule has 0 spiro atoms. The van der Waals surface area contributed by atoms with Crippen LogP contribution < -0.4 is 11.4 Å². The van der Waals surface area contributed by atoms with Gasteiger partial charge >= 0.3 is 5.69 Å². The number of nitrogens with two attached hydrogens (primary N) is 1. The molecule has 112 valence electrons. The first-order chi connectivity index (χ1) is 9.30. The third kappa shape index (κ3) is 3.79. The van der Waals surface area contributed by atoms with Crippen LogP contribution in [0.4, 0.5) is 5.82 Å². The quantitative estimate of drug-likeness (QED) is 0.481. The Morgan fingerprint density at radius 3 is 3.00 bits per heavy atom. The summed E-state index contributed by atoms with van der Waals surface area (Å²) in [6.45, 7) is -0.344. The predicted molar refractivity (Wildman–Crippen MR) is 77.3 cm³/mol. The molecule has 2 rings (SSSR count). The number of ether oxygens (including phenoxy) is 1. The van der Waals surface area contributed by atoms with Crippen molar-refractivity contribution in [2.75, 3.05) is 12.3 Å². The topological polar surface area (TPSA) is 120 Å². The van der Waals surface area contributed by atoms with Gasteiger partial charge in [-0.1, -0.05) is 11.8 Å². The number of aliphatic hydroxyl groups is 1. The third-order valence-corrected chi connectivity index (χ3v) is 3.84. The molecule has 20 heavy (non-hydrogen) atoms. The Hall–Kier alpha value is -0.480. The van der Waals surface area contributed by atoms with Gasteiger partial charge in [-0.05, 0) is 6.07 Å². The van der Waals surface area contributed by atoms with E-state index in [1.807, 2.05) is 0 Å². The van der Waals surface area contributed by atoms with Crippen molar-refractivity contribution in [2.45, 2.75) is 24.9 Å². The second-order valence-corrected chi connectivity index (χ2v) is 9.01. The van der Waals surface area contributed by atoms with Crippen molar-refractivity contribution in [1.29, 1.82) is 0 Å². The minimum absolute atomic E-state index is 0.104. The van der Waals surface area contributed by atoms with Crippen molar-refractivity contribution in [3.05, 3.63) is 22.7 Å². The van der Waals surface area contributed by atoms with Crippen LogP contribution >= 0.6 is 5.69 Å². The Labute approximate surface area is 124 Å². The zero-order valence-corrected chi connectivity index (χ0v) is 12.7. The fourth-order valence-electron chi connectivity index (χ4n) is 1.96. The molecule has 1 aliphatic rings. The number of anilines is 1. The van der Waals surface area contributed by atoms with Crippen molar-refractivity contribution in [3.8, 4) is 0 Å². The summed E-state index contributed by atoms with van der Waals surface area (Å²) >= 11 is 9.29. The molecule has 0 radical (unpaired) electrons. The molecule has 0 aromatic carbocycles. The van der Waals surface area contributed by atoms with Gasteiger partial charge in [0.25, 0.3) is 0 Å². The Morgan fingerprint density at radius 1 is 1.75 bits per heavy atom. The predicted octanol–water partition coefficient (Wildman–Crippen LogP) is -0.746. The molecule has 1 unspecified atom stereocenters. The minimum atomic E-state index is -3.30. The Bertz CT molecular complexity index is 591. The zero-order chi connectivity index (χ0) is 14.9. The highest BCUT2D eigenvalue weighted by molar-refractivity contribution is 8.51. The Balaban J connectivity index is 2.20. The summed E-state index contributed by atoms with van der Waals surface area (Å²) in [5.74, 6) is 0.104. The largest absolute Gasteiger partial charge is 0.692 e. The second-order valence-electron chi connectivity index (χ2n) is 4.20. The van der Waals surface area contributed by atoms with E-state index >= 15 is 0 Å². The standard InChI is InChI=1S/C9H14N3O5PS2/c10-7-1-2-12(9(14)11-7)8-3-5(6(4-13)16-8)17-18(15,19)20/h1-2,5-6,8,13H,3-4H2,(H2,10,11,14)(H2,15,19,20)/p-1/t5-,6+,8+/m0/s1. The summed E-state index contributed by atoms with van der Waals surface area (Å²) in [4.78, 5) is 24.7. The van der Waals surface area contributed by atoms with E-state index in [0.717, 1.165) is 0 Å². The molecule has 1 aromatic heterocycles. The molecule has 0 bridgehead atoms. The molecule has 4 N–H and O–H groups in total. The van der Waals surface area contributed by atoms with Gasteiger partial charge in [0.2, 0.25) is 0 Å². The van der Waals surface area contributed by atoms with Gasteiger partial charge in [0, 0.05) is 12.6 Å². The first-order valence-electron chi connectivity index (χ1n) is 5.63. The second kappa shape index (κ2) is 6.10. The lowest BCUT2D eigenvalue weighted by atomic mass is 10.2. The average molecular weight is 338 g/mol. The van der Waals surface area contributed by atoms with Crippen LogP contribution in [0.3, 0.4) is 0 Å². The highest BCUT2D eigenvalue weighted by Crippen LogP contribution is 2.45. The molecule has 1 saturated heterocycles. The zero-order valence-electron chi connectivity index (χ0n) is 10.2. The molecule has 0 amide bonds.